The molecule has 0 N–H and O–H groups in total. The second kappa shape index (κ2) is 12.2. The lowest BCUT2D eigenvalue weighted by Gasteiger charge is -2.26. The Bertz CT molecular complexity index is 3050. The summed E-state index contributed by atoms with van der Waals surface area (Å²) in [6, 6.07) is 67.4. The number of hydrogen-bond donors (Lipinski definition) is 0. The maximum Gasteiger partial charge on any atom is 0.177 e. The molecule has 3 heteroatoms. The Morgan fingerprint density at radius 2 is 0.833 bits per heavy atom. The molecular weight excluding hydrogens is 657 g/mol. The van der Waals surface area contributed by atoms with Gasteiger partial charge in [-0.1, -0.05) is 133 Å². The van der Waals surface area contributed by atoms with Crippen LogP contribution in [0.1, 0.15) is 0 Å². The number of hydrogen-bond acceptors (Lipinski definition) is 3. The van der Waals surface area contributed by atoms with Gasteiger partial charge in [0.05, 0.1) is 5.69 Å². The molecule has 3 nitrogen and oxygen atoms in total. The van der Waals surface area contributed by atoms with E-state index in [9.17, 15) is 0 Å². The van der Waals surface area contributed by atoms with Crippen LogP contribution in [0.25, 0.3) is 87.4 Å². The summed E-state index contributed by atoms with van der Waals surface area (Å²) in [4.78, 5) is 7.08. The van der Waals surface area contributed by atoms with Gasteiger partial charge < -0.3 is 9.32 Å². The van der Waals surface area contributed by atoms with Gasteiger partial charge in [-0.3, -0.25) is 4.98 Å². The Hall–Kier alpha value is -7.23. The van der Waals surface area contributed by atoms with Crippen molar-refractivity contribution in [3.8, 4) is 22.3 Å². The first-order valence-electron chi connectivity index (χ1n) is 18.4. The number of fused-ring (bicyclic) bond motifs is 9. The summed E-state index contributed by atoms with van der Waals surface area (Å²) in [5.41, 5.74) is 10.2. The number of pyridine rings is 1. The number of nitrogens with zero attached hydrogens (tertiary/aromatic N) is 2. The minimum absolute atomic E-state index is 0.757. The predicted octanol–water partition coefficient (Wildman–Crippen LogP) is 14.4. The Balaban J connectivity index is 1.08. The SMILES string of the molecule is c1ccc2c(c1)cc(-c1ccc(N(c3ccc(-c4cc5ccccc5c5ccccc45)cc3)c3ccnc4c3oc3ccccc34)cc1)c1ccccc12. The molecule has 0 saturated heterocycles. The number of anilines is 3. The van der Waals surface area contributed by atoms with E-state index in [-0.39, 0.29) is 0 Å². The smallest absolute Gasteiger partial charge is 0.177 e. The molecule has 54 heavy (non-hydrogen) atoms. The van der Waals surface area contributed by atoms with Crippen LogP contribution in [0.3, 0.4) is 0 Å². The van der Waals surface area contributed by atoms with E-state index in [1.54, 1.807) is 0 Å². The third-order valence-electron chi connectivity index (χ3n) is 10.9. The average Bonchev–Trinajstić information content (AvgIpc) is 3.63. The molecule has 0 saturated carbocycles. The van der Waals surface area contributed by atoms with Crippen molar-refractivity contribution in [2.75, 3.05) is 4.90 Å². The molecule has 252 valence electrons. The highest BCUT2D eigenvalue weighted by atomic mass is 16.3. The number of aromatic nitrogens is 1. The van der Waals surface area contributed by atoms with Gasteiger partial charge in [0.15, 0.2) is 5.58 Å². The molecule has 0 aliphatic carbocycles. The Morgan fingerprint density at radius 3 is 1.37 bits per heavy atom. The van der Waals surface area contributed by atoms with Gasteiger partial charge in [-0.25, -0.2) is 0 Å². The molecule has 0 radical (unpaired) electrons. The van der Waals surface area contributed by atoms with Gasteiger partial charge in [0.1, 0.15) is 11.1 Å². The van der Waals surface area contributed by atoms with E-state index in [1.165, 1.54) is 65.3 Å². The number of benzene rings is 9. The van der Waals surface area contributed by atoms with Crippen molar-refractivity contribution in [1.82, 2.24) is 4.98 Å². The lowest BCUT2D eigenvalue weighted by molar-refractivity contribution is 0.668. The van der Waals surface area contributed by atoms with E-state index >= 15 is 0 Å². The first kappa shape index (κ1) is 30.4. The highest BCUT2D eigenvalue weighted by molar-refractivity contribution is 6.15. The maximum atomic E-state index is 6.57. The van der Waals surface area contributed by atoms with Gasteiger partial charge in [0.25, 0.3) is 0 Å². The maximum absolute atomic E-state index is 6.57. The Kier molecular flexibility index (Phi) is 6.86. The number of para-hydroxylation sites is 1. The summed E-state index contributed by atoms with van der Waals surface area (Å²) >= 11 is 0. The highest BCUT2D eigenvalue weighted by Crippen LogP contribution is 2.44. The van der Waals surface area contributed by atoms with Crippen molar-refractivity contribution in [2.45, 2.75) is 0 Å². The summed E-state index contributed by atoms with van der Waals surface area (Å²) < 4.78 is 6.57. The minimum atomic E-state index is 0.757. The average molecular weight is 689 g/mol. The molecule has 0 atom stereocenters. The summed E-state index contributed by atoms with van der Waals surface area (Å²) in [5.74, 6) is 0. The van der Waals surface area contributed by atoms with Gasteiger partial charge in [-0.15, -0.1) is 0 Å². The third kappa shape index (κ3) is 4.79. The normalized spacial score (nSPS) is 11.7. The zero-order valence-corrected chi connectivity index (χ0v) is 29.3. The number of furan rings is 1. The predicted molar refractivity (Wildman–Crippen MR) is 227 cm³/mol. The van der Waals surface area contributed by atoms with Crippen LogP contribution < -0.4 is 4.90 Å². The molecule has 0 spiro atoms. The summed E-state index contributed by atoms with van der Waals surface area (Å²) in [7, 11) is 0. The largest absolute Gasteiger partial charge is 0.452 e. The molecule has 0 aliphatic heterocycles. The monoisotopic (exact) mass is 688 g/mol. The molecule has 11 rings (SSSR count). The first-order valence-corrected chi connectivity index (χ1v) is 18.4. The summed E-state index contributed by atoms with van der Waals surface area (Å²) in [6.45, 7) is 0. The molecule has 2 heterocycles. The number of rotatable bonds is 5. The van der Waals surface area contributed by atoms with Gasteiger partial charge in [0, 0.05) is 23.0 Å². The van der Waals surface area contributed by atoms with E-state index < -0.39 is 0 Å². The standard InChI is InChI=1S/C51H32N2O/c1-3-13-39-35(11-1)31-46(43-17-7-5-15-41(39)43)33-21-25-37(26-22-33)53(48-29-30-52-50-45-19-9-10-20-49(45)54-51(48)50)38-27-23-34(24-28-38)47-32-36-12-2-4-14-40(36)42-16-6-8-18-44(42)47/h1-32H. The molecule has 2 aromatic heterocycles. The van der Waals surface area contributed by atoms with Crippen LogP contribution in [-0.2, 0) is 0 Å². The van der Waals surface area contributed by atoms with Crippen molar-refractivity contribution in [3.05, 3.63) is 194 Å². The van der Waals surface area contributed by atoms with E-state index in [0.29, 0.717) is 0 Å². The van der Waals surface area contributed by atoms with E-state index in [4.69, 9.17) is 9.40 Å². The third-order valence-corrected chi connectivity index (χ3v) is 10.9. The molecule has 0 amide bonds. The second-order valence-electron chi connectivity index (χ2n) is 13.9. The summed E-state index contributed by atoms with van der Waals surface area (Å²) in [6.07, 6.45) is 1.89. The van der Waals surface area contributed by atoms with Gasteiger partial charge in [-0.2, -0.15) is 0 Å². The van der Waals surface area contributed by atoms with Crippen LogP contribution in [0, 0.1) is 0 Å². The van der Waals surface area contributed by atoms with E-state index in [2.05, 4.69) is 175 Å². The van der Waals surface area contributed by atoms with Crippen LogP contribution in [0.15, 0.2) is 199 Å². The van der Waals surface area contributed by atoms with Crippen molar-refractivity contribution in [1.29, 1.82) is 0 Å². The van der Waals surface area contributed by atoms with Crippen LogP contribution in [0.5, 0.6) is 0 Å². The topological polar surface area (TPSA) is 29.3 Å². The van der Waals surface area contributed by atoms with Crippen LogP contribution in [-0.4, -0.2) is 4.98 Å². The van der Waals surface area contributed by atoms with Gasteiger partial charge in [-0.05, 0) is 120 Å². The van der Waals surface area contributed by atoms with Gasteiger partial charge in [0.2, 0.25) is 0 Å². The quantitative estimate of drug-likeness (QED) is 0.169. The molecule has 0 fully saturated rings. The molecule has 9 aromatic carbocycles. The fraction of sp³-hybridized carbons (Fsp3) is 0. The first-order chi connectivity index (χ1) is 26.8. The zero-order valence-electron chi connectivity index (χ0n) is 29.3. The summed E-state index contributed by atoms with van der Waals surface area (Å²) in [5, 5.41) is 11.0. The van der Waals surface area contributed by atoms with Crippen molar-refractivity contribution < 1.29 is 4.42 Å². The second-order valence-corrected chi connectivity index (χ2v) is 13.9. The fourth-order valence-electron chi connectivity index (χ4n) is 8.36. The minimum Gasteiger partial charge on any atom is -0.452 e. The highest BCUT2D eigenvalue weighted by Gasteiger charge is 2.21. The van der Waals surface area contributed by atoms with Crippen molar-refractivity contribution in [2.24, 2.45) is 0 Å². The van der Waals surface area contributed by atoms with Crippen molar-refractivity contribution in [3.63, 3.8) is 0 Å². The molecule has 0 aliphatic rings. The van der Waals surface area contributed by atoms with Gasteiger partial charge >= 0.3 is 0 Å². The fourth-order valence-corrected chi connectivity index (χ4v) is 8.36. The molecule has 0 bridgehead atoms. The van der Waals surface area contributed by atoms with Crippen molar-refractivity contribution >= 4 is 82.2 Å². The Labute approximate surface area is 312 Å². The molecule has 11 aromatic rings. The van der Waals surface area contributed by atoms with Crippen LogP contribution in [0.4, 0.5) is 17.1 Å². The van der Waals surface area contributed by atoms with E-state index in [1.807, 2.05) is 24.4 Å². The lowest BCUT2D eigenvalue weighted by atomic mass is 9.93. The van der Waals surface area contributed by atoms with Crippen LogP contribution in [0.2, 0.25) is 0 Å². The molecular formula is C51H32N2O. The molecule has 0 unspecified atom stereocenters. The Morgan fingerprint density at radius 1 is 0.389 bits per heavy atom. The lowest BCUT2D eigenvalue weighted by Crippen LogP contribution is -2.10. The van der Waals surface area contributed by atoms with Crippen LogP contribution >= 0.6 is 0 Å². The zero-order chi connectivity index (χ0) is 35.6. The van der Waals surface area contributed by atoms with E-state index in [0.717, 1.165) is 39.1 Å².